The molecule has 1 saturated heterocycles. The Hall–Kier alpha value is -1.06. The number of piperidine rings is 1. The van der Waals surface area contributed by atoms with Crippen LogP contribution in [-0.4, -0.2) is 28.5 Å². The van der Waals surface area contributed by atoms with Crippen molar-refractivity contribution in [1.82, 2.24) is 15.4 Å². The lowest BCUT2D eigenvalue weighted by Crippen LogP contribution is -2.33. The van der Waals surface area contributed by atoms with E-state index < -0.39 is 0 Å². The van der Waals surface area contributed by atoms with Crippen LogP contribution in [0.2, 0.25) is 0 Å². The number of hydrogen-bond acceptors (Lipinski definition) is 3. The highest BCUT2D eigenvalue weighted by molar-refractivity contribution is 5.34. The molecule has 0 unspecified atom stereocenters. The van der Waals surface area contributed by atoms with E-state index in [0.29, 0.717) is 5.92 Å². The average Bonchev–Trinajstić information content (AvgIpc) is 2.58. The topological polar surface area (TPSA) is 44.8 Å². The minimum Gasteiger partial charge on any atom is -0.354 e. The fourth-order valence-electron chi connectivity index (χ4n) is 1.51. The number of nitrogens with one attached hydrogen (secondary N) is 1. The van der Waals surface area contributed by atoms with Crippen LogP contribution >= 0.6 is 0 Å². The third-order valence-corrected chi connectivity index (χ3v) is 2.34. The molecule has 4 heteroatoms. The van der Waals surface area contributed by atoms with Gasteiger partial charge in [-0.15, -0.1) is 5.10 Å². The predicted octanol–water partition coefficient (Wildman–Crippen LogP) is 0.855. The molecule has 1 aliphatic heterocycles. The maximum atomic E-state index is 4.04. The van der Waals surface area contributed by atoms with Crippen molar-refractivity contribution in [2.75, 3.05) is 18.0 Å². The predicted molar refractivity (Wildman–Crippen MR) is 46.7 cm³/mol. The third-order valence-electron chi connectivity index (χ3n) is 2.34. The van der Waals surface area contributed by atoms with Gasteiger partial charge < -0.3 is 4.90 Å². The SMILES string of the molecule is [CH2]C1CCN(c2c[nH]nn2)CC1. The number of anilines is 1. The molecule has 65 valence electrons. The summed E-state index contributed by atoms with van der Waals surface area (Å²) in [7, 11) is 0. The Labute approximate surface area is 72.0 Å². The maximum Gasteiger partial charge on any atom is 0.170 e. The van der Waals surface area contributed by atoms with Crippen LogP contribution in [0.25, 0.3) is 0 Å². The van der Waals surface area contributed by atoms with Crippen molar-refractivity contribution in [1.29, 1.82) is 0 Å². The molecule has 1 radical (unpaired) electrons. The summed E-state index contributed by atoms with van der Waals surface area (Å²) in [5.41, 5.74) is 0. The summed E-state index contributed by atoms with van der Waals surface area (Å²) in [5, 5.41) is 10.4. The van der Waals surface area contributed by atoms with Crippen molar-refractivity contribution in [2.24, 2.45) is 5.92 Å². The molecular formula is C8H13N4. The first-order valence-corrected chi connectivity index (χ1v) is 4.31. The van der Waals surface area contributed by atoms with Gasteiger partial charge in [-0.25, -0.2) is 0 Å². The molecule has 0 aliphatic carbocycles. The molecular weight excluding hydrogens is 152 g/mol. The van der Waals surface area contributed by atoms with Gasteiger partial charge in [-0.05, 0) is 18.8 Å². The van der Waals surface area contributed by atoms with E-state index in [2.05, 4.69) is 27.2 Å². The van der Waals surface area contributed by atoms with Crippen molar-refractivity contribution >= 4 is 5.82 Å². The first-order chi connectivity index (χ1) is 5.86. The first-order valence-electron chi connectivity index (χ1n) is 4.31. The Kier molecular flexibility index (Phi) is 1.98. The second kappa shape index (κ2) is 3.13. The van der Waals surface area contributed by atoms with Crippen LogP contribution in [0.3, 0.4) is 0 Å². The summed E-state index contributed by atoms with van der Waals surface area (Å²) in [6.45, 7) is 6.16. The number of aromatic amines is 1. The summed E-state index contributed by atoms with van der Waals surface area (Å²) >= 11 is 0. The minimum atomic E-state index is 0.619. The van der Waals surface area contributed by atoms with Crippen LogP contribution in [-0.2, 0) is 0 Å². The monoisotopic (exact) mass is 165 g/mol. The molecule has 2 heterocycles. The molecule has 0 amide bonds. The van der Waals surface area contributed by atoms with Crippen LogP contribution in [0.15, 0.2) is 6.20 Å². The number of aromatic nitrogens is 3. The summed E-state index contributed by atoms with van der Waals surface area (Å²) in [5.74, 6) is 1.58. The van der Waals surface area contributed by atoms with Crippen molar-refractivity contribution in [3.63, 3.8) is 0 Å². The molecule has 0 saturated carbocycles. The molecule has 0 spiro atoms. The Morgan fingerprint density at radius 3 is 2.83 bits per heavy atom. The Morgan fingerprint density at radius 1 is 1.50 bits per heavy atom. The Balaban J connectivity index is 1.99. The molecule has 0 atom stereocenters. The molecule has 1 aromatic heterocycles. The van der Waals surface area contributed by atoms with Gasteiger partial charge >= 0.3 is 0 Å². The first kappa shape index (κ1) is 7.58. The molecule has 2 rings (SSSR count). The standard InChI is InChI=1S/C8H13N4/c1-7-2-4-12(5-3-7)8-6-9-11-10-8/h6-7H,1-5H2,(H,9,10,11). The van der Waals surface area contributed by atoms with E-state index in [9.17, 15) is 0 Å². The minimum absolute atomic E-state index is 0.619. The van der Waals surface area contributed by atoms with Gasteiger partial charge in [0.05, 0.1) is 6.20 Å². The summed E-state index contributed by atoms with van der Waals surface area (Å²) in [6, 6.07) is 0. The van der Waals surface area contributed by atoms with Crippen molar-refractivity contribution in [3.8, 4) is 0 Å². The number of H-pyrrole nitrogens is 1. The van der Waals surface area contributed by atoms with Gasteiger partial charge in [-0.3, -0.25) is 5.10 Å². The second-order valence-electron chi connectivity index (χ2n) is 3.26. The van der Waals surface area contributed by atoms with E-state index in [-0.39, 0.29) is 0 Å². The number of hydrogen-bond donors (Lipinski definition) is 1. The highest BCUT2D eigenvalue weighted by atomic mass is 15.4. The van der Waals surface area contributed by atoms with Crippen LogP contribution in [0.1, 0.15) is 12.8 Å². The van der Waals surface area contributed by atoms with Gasteiger partial charge in [0.1, 0.15) is 0 Å². The zero-order valence-electron chi connectivity index (χ0n) is 7.03. The molecule has 4 nitrogen and oxygen atoms in total. The largest absolute Gasteiger partial charge is 0.354 e. The van der Waals surface area contributed by atoms with Gasteiger partial charge in [0.2, 0.25) is 0 Å². The van der Waals surface area contributed by atoms with Crippen molar-refractivity contribution in [2.45, 2.75) is 12.8 Å². The molecule has 1 aliphatic rings. The fourth-order valence-corrected chi connectivity index (χ4v) is 1.51. The zero-order valence-corrected chi connectivity index (χ0v) is 7.03. The van der Waals surface area contributed by atoms with Crippen LogP contribution < -0.4 is 4.90 Å². The van der Waals surface area contributed by atoms with Gasteiger partial charge in [-0.2, -0.15) is 0 Å². The van der Waals surface area contributed by atoms with Crippen molar-refractivity contribution in [3.05, 3.63) is 13.1 Å². The summed E-state index contributed by atoms with van der Waals surface area (Å²) in [6.07, 6.45) is 4.16. The Morgan fingerprint density at radius 2 is 2.25 bits per heavy atom. The lowest BCUT2D eigenvalue weighted by atomic mass is 9.99. The fraction of sp³-hybridized carbons (Fsp3) is 0.625. The smallest absolute Gasteiger partial charge is 0.170 e. The van der Waals surface area contributed by atoms with Gasteiger partial charge in [0.15, 0.2) is 5.82 Å². The van der Waals surface area contributed by atoms with E-state index in [1.807, 2.05) is 6.20 Å². The van der Waals surface area contributed by atoms with Gasteiger partial charge in [0.25, 0.3) is 0 Å². The Bertz CT molecular complexity index is 223. The van der Waals surface area contributed by atoms with E-state index >= 15 is 0 Å². The quantitative estimate of drug-likeness (QED) is 0.671. The summed E-state index contributed by atoms with van der Waals surface area (Å²) < 4.78 is 0. The summed E-state index contributed by atoms with van der Waals surface area (Å²) in [4.78, 5) is 2.24. The molecule has 0 bridgehead atoms. The molecule has 1 N–H and O–H groups in total. The lowest BCUT2D eigenvalue weighted by Gasteiger charge is -2.29. The van der Waals surface area contributed by atoms with Gasteiger partial charge in [-0.1, -0.05) is 12.1 Å². The number of nitrogens with zero attached hydrogens (tertiary/aromatic N) is 3. The highest BCUT2D eigenvalue weighted by Gasteiger charge is 2.17. The van der Waals surface area contributed by atoms with Crippen LogP contribution in [0.5, 0.6) is 0 Å². The van der Waals surface area contributed by atoms with E-state index in [1.165, 1.54) is 0 Å². The van der Waals surface area contributed by atoms with Crippen LogP contribution in [0, 0.1) is 12.8 Å². The van der Waals surface area contributed by atoms with Gasteiger partial charge in [0, 0.05) is 13.1 Å². The maximum absolute atomic E-state index is 4.04. The third kappa shape index (κ3) is 1.42. The van der Waals surface area contributed by atoms with E-state index in [4.69, 9.17) is 0 Å². The molecule has 1 fully saturated rings. The number of rotatable bonds is 1. The van der Waals surface area contributed by atoms with E-state index in [0.717, 1.165) is 31.7 Å². The molecule has 1 aromatic rings. The van der Waals surface area contributed by atoms with Crippen molar-refractivity contribution < 1.29 is 0 Å². The normalized spacial score (nSPS) is 19.9. The molecule has 12 heavy (non-hydrogen) atoms. The lowest BCUT2D eigenvalue weighted by molar-refractivity contribution is 0.473. The highest BCUT2D eigenvalue weighted by Crippen LogP contribution is 2.19. The average molecular weight is 165 g/mol. The van der Waals surface area contributed by atoms with E-state index in [1.54, 1.807) is 0 Å². The zero-order chi connectivity index (χ0) is 8.39. The second-order valence-corrected chi connectivity index (χ2v) is 3.26. The molecule has 0 aromatic carbocycles. The van der Waals surface area contributed by atoms with Crippen LogP contribution in [0.4, 0.5) is 5.82 Å².